The average molecular weight is 300 g/mol. The fourth-order valence-electron chi connectivity index (χ4n) is 2.35. The van der Waals surface area contributed by atoms with E-state index in [1.807, 2.05) is 30.0 Å². The van der Waals surface area contributed by atoms with E-state index in [2.05, 4.69) is 34.1 Å². The first kappa shape index (κ1) is 14.4. The smallest absolute Gasteiger partial charge is 0.130 e. The van der Waals surface area contributed by atoms with Crippen molar-refractivity contribution >= 4 is 11.8 Å². The number of nitrogens with zero attached hydrogens (tertiary/aromatic N) is 2. The van der Waals surface area contributed by atoms with Crippen LogP contribution in [0.4, 0.5) is 0 Å². The van der Waals surface area contributed by atoms with Crippen LogP contribution >= 0.6 is 11.8 Å². The molecule has 2 heterocycles. The van der Waals surface area contributed by atoms with Gasteiger partial charge in [-0.1, -0.05) is 18.2 Å². The minimum absolute atomic E-state index is 0.517. The van der Waals surface area contributed by atoms with Crippen molar-refractivity contribution in [3.05, 3.63) is 59.9 Å². The molecule has 0 saturated carbocycles. The first-order chi connectivity index (χ1) is 10.4. The molecule has 1 aromatic carbocycles. The van der Waals surface area contributed by atoms with E-state index < -0.39 is 0 Å². The van der Waals surface area contributed by atoms with E-state index in [4.69, 9.17) is 4.74 Å². The third kappa shape index (κ3) is 4.48. The molecule has 0 atom stereocenters. The molecule has 0 unspecified atom stereocenters. The molecule has 0 aliphatic carbocycles. The molecule has 0 radical (unpaired) electrons. The fraction of sp³-hybridized carbons (Fsp3) is 0.353. The third-order valence-electron chi connectivity index (χ3n) is 3.55. The molecule has 0 N–H and O–H groups in total. The Morgan fingerprint density at radius 1 is 1.05 bits per heavy atom. The van der Waals surface area contributed by atoms with Gasteiger partial charge in [0.05, 0.1) is 5.69 Å². The molecule has 1 aliphatic rings. The zero-order valence-electron chi connectivity index (χ0n) is 12.1. The van der Waals surface area contributed by atoms with Gasteiger partial charge in [0.1, 0.15) is 12.4 Å². The molecule has 1 aliphatic heterocycles. The Kier molecular flexibility index (Phi) is 5.13. The van der Waals surface area contributed by atoms with E-state index in [1.165, 1.54) is 30.2 Å². The number of pyridine rings is 1. The monoisotopic (exact) mass is 300 g/mol. The van der Waals surface area contributed by atoms with Crippen molar-refractivity contribution in [2.24, 2.45) is 0 Å². The summed E-state index contributed by atoms with van der Waals surface area (Å²) in [4.78, 5) is 6.77. The molecule has 0 amide bonds. The molecule has 0 bridgehead atoms. The maximum Gasteiger partial charge on any atom is 0.130 e. The van der Waals surface area contributed by atoms with Crippen LogP contribution in [-0.4, -0.2) is 34.5 Å². The van der Waals surface area contributed by atoms with Crippen molar-refractivity contribution in [2.45, 2.75) is 13.2 Å². The summed E-state index contributed by atoms with van der Waals surface area (Å²) in [6.45, 7) is 3.95. The molecule has 110 valence electrons. The van der Waals surface area contributed by atoms with Crippen LogP contribution in [0.1, 0.15) is 11.3 Å². The predicted octanol–water partition coefficient (Wildman–Crippen LogP) is 3.21. The number of thioether (sulfide) groups is 1. The summed E-state index contributed by atoms with van der Waals surface area (Å²) < 4.78 is 5.76. The zero-order valence-corrected chi connectivity index (χ0v) is 12.9. The Morgan fingerprint density at radius 3 is 2.57 bits per heavy atom. The molecule has 3 rings (SSSR count). The lowest BCUT2D eigenvalue weighted by atomic mass is 10.2. The predicted molar refractivity (Wildman–Crippen MR) is 87.6 cm³/mol. The van der Waals surface area contributed by atoms with Gasteiger partial charge in [0.25, 0.3) is 0 Å². The summed E-state index contributed by atoms with van der Waals surface area (Å²) in [6.07, 6.45) is 1.79. The molecule has 1 saturated heterocycles. The van der Waals surface area contributed by atoms with Crippen LogP contribution in [-0.2, 0) is 13.2 Å². The Balaban J connectivity index is 1.51. The van der Waals surface area contributed by atoms with E-state index in [1.54, 1.807) is 6.20 Å². The molecule has 0 spiro atoms. The average Bonchev–Trinajstić information content (AvgIpc) is 2.56. The van der Waals surface area contributed by atoms with Crippen LogP contribution < -0.4 is 4.74 Å². The van der Waals surface area contributed by atoms with Gasteiger partial charge in [0.15, 0.2) is 0 Å². The highest BCUT2D eigenvalue weighted by Gasteiger charge is 2.10. The Hall–Kier alpha value is -1.52. The summed E-state index contributed by atoms with van der Waals surface area (Å²) in [7, 11) is 0. The number of benzene rings is 1. The number of ether oxygens (including phenoxy) is 1. The van der Waals surface area contributed by atoms with Crippen LogP contribution in [0.15, 0.2) is 48.7 Å². The molecule has 3 nitrogen and oxygen atoms in total. The van der Waals surface area contributed by atoms with Gasteiger partial charge in [-0.25, -0.2) is 0 Å². The SMILES string of the molecule is c1ccc(COc2ccc(CN3CCSCC3)cc2)nc1. The van der Waals surface area contributed by atoms with Crippen LogP contribution in [0.3, 0.4) is 0 Å². The number of aromatic nitrogens is 1. The van der Waals surface area contributed by atoms with Crippen LogP contribution in [0.25, 0.3) is 0 Å². The second-order valence-corrected chi connectivity index (χ2v) is 6.37. The normalized spacial score (nSPS) is 15.8. The largest absolute Gasteiger partial charge is 0.487 e. The Bertz CT molecular complexity index is 538. The molecular weight excluding hydrogens is 280 g/mol. The summed E-state index contributed by atoms with van der Waals surface area (Å²) in [5.41, 5.74) is 2.31. The van der Waals surface area contributed by atoms with E-state index in [-0.39, 0.29) is 0 Å². The lowest BCUT2D eigenvalue weighted by Crippen LogP contribution is -2.31. The Morgan fingerprint density at radius 2 is 1.86 bits per heavy atom. The summed E-state index contributed by atoms with van der Waals surface area (Å²) in [5, 5.41) is 0. The fourth-order valence-corrected chi connectivity index (χ4v) is 3.33. The summed E-state index contributed by atoms with van der Waals surface area (Å²) >= 11 is 2.05. The molecule has 4 heteroatoms. The number of hydrogen-bond donors (Lipinski definition) is 0. The van der Waals surface area contributed by atoms with Crippen LogP contribution in [0.5, 0.6) is 5.75 Å². The van der Waals surface area contributed by atoms with Gasteiger partial charge in [0, 0.05) is 37.3 Å². The van der Waals surface area contributed by atoms with Crippen LogP contribution in [0, 0.1) is 0 Å². The van der Waals surface area contributed by atoms with Crippen LogP contribution in [0.2, 0.25) is 0 Å². The van der Waals surface area contributed by atoms with Crippen molar-refractivity contribution in [1.82, 2.24) is 9.88 Å². The third-order valence-corrected chi connectivity index (χ3v) is 4.49. The lowest BCUT2D eigenvalue weighted by molar-refractivity contribution is 0.292. The second kappa shape index (κ2) is 7.48. The molecule has 1 aromatic heterocycles. The van der Waals surface area contributed by atoms with Crippen molar-refractivity contribution in [1.29, 1.82) is 0 Å². The van der Waals surface area contributed by atoms with Crippen molar-refractivity contribution < 1.29 is 4.74 Å². The summed E-state index contributed by atoms with van der Waals surface area (Å²) in [5.74, 6) is 3.41. The van der Waals surface area contributed by atoms with Crippen molar-refractivity contribution in [2.75, 3.05) is 24.6 Å². The van der Waals surface area contributed by atoms with E-state index in [0.29, 0.717) is 6.61 Å². The number of hydrogen-bond acceptors (Lipinski definition) is 4. The highest BCUT2D eigenvalue weighted by atomic mass is 32.2. The maximum absolute atomic E-state index is 5.76. The summed E-state index contributed by atoms with van der Waals surface area (Å²) in [6, 6.07) is 14.3. The van der Waals surface area contributed by atoms with Gasteiger partial charge in [-0.05, 0) is 29.8 Å². The molecular formula is C17H20N2OS. The van der Waals surface area contributed by atoms with E-state index in [0.717, 1.165) is 18.0 Å². The van der Waals surface area contributed by atoms with Crippen molar-refractivity contribution in [3.63, 3.8) is 0 Å². The highest BCUT2D eigenvalue weighted by Crippen LogP contribution is 2.17. The van der Waals surface area contributed by atoms with Gasteiger partial charge >= 0.3 is 0 Å². The van der Waals surface area contributed by atoms with Crippen molar-refractivity contribution in [3.8, 4) is 5.75 Å². The van der Waals surface area contributed by atoms with Gasteiger partial charge in [-0.3, -0.25) is 9.88 Å². The maximum atomic E-state index is 5.76. The quantitative estimate of drug-likeness (QED) is 0.846. The van der Waals surface area contributed by atoms with Gasteiger partial charge in [-0.2, -0.15) is 11.8 Å². The highest BCUT2D eigenvalue weighted by molar-refractivity contribution is 7.99. The zero-order chi connectivity index (χ0) is 14.3. The first-order valence-corrected chi connectivity index (χ1v) is 8.47. The first-order valence-electron chi connectivity index (χ1n) is 7.32. The topological polar surface area (TPSA) is 25.4 Å². The standard InChI is InChI=1S/C17H20N2OS/c1-2-8-18-16(3-1)14-20-17-6-4-15(5-7-17)13-19-9-11-21-12-10-19/h1-8H,9-14H2. The van der Waals surface area contributed by atoms with E-state index in [9.17, 15) is 0 Å². The minimum atomic E-state index is 0.517. The molecule has 21 heavy (non-hydrogen) atoms. The van der Waals surface area contributed by atoms with E-state index >= 15 is 0 Å². The molecule has 1 fully saturated rings. The second-order valence-electron chi connectivity index (χ2n) is 5.14. The number of rotatable bonds is 5. The molecule has 2 aromatic rings. The lowest BCUT2D eigenvalue weighted by Gasteiger charge is -2.26. The minimum Gasteiger partial charge on any atom is -0.487 e. The van der Waals surface area contributed by atoms with Gasteiger partial charge in [0.2, 0.25) is 0 Å². The van der Waals surface area contributed by atoms with Gasteiger partial charge in [-0.15, -0.1) is 0 Å². The van der Waals surface area contributed by atoms with Gasteiger partial charge < -0.3 is 4.74 Å². The Labute approximate surface area is 130 Å².